The lowest BCUT2D eigenvalue weighted by atomic mass is 10.1. The highest BCUT2D eigenvalue weighted by Gasteiger charge is 2.24. The molecule has 1 aliphatic rings. The van der Waals surface area contributed by atoms with Crippen LogP contribution < -0.4 is 4.74 Å². The first-order chi connectivity index (χ1) is 8.16. The number of nitrogens with one attached hydrogen (secondary N) is 1. The van der Waals surface area contributed by atoms with Crippen molar-refractivity contribution in [3.8, 4) is 16.3 Å². The molecule has 4 nitrogen and oxygen atoms in total. The van der Waals surface area contributed by atoms with Crippen LogP contribution in [0.2, 0.25) is 0 Å². The van der Waals surface area contributed by atoms with Crippen LogP contribution in [0.3, 0.4) is 0 Å². The van der Waals surface area contributed by atoms with E-state index in [1.165, 1.54) is 4.88 Å². The Kier molecular flexibility index (Phi) is 2.29. The van der Waals surface area contributed by atoms with Crippen molar-refractivity contribution in [1.29, 1.82) is 0 Å². The Hall–Kier alpha value is -1.62. The molecule has 0 fully saturated rings. The number of ketones is 1. The van der Waals surface area contributed by atoms with E-state index in [2.05, 4.69) is 10.2 Å². The van der Waals surface area contributed by atoms with Gasteiger partial charge in [0.25, 0.3) is 0 Å². The van der Waals surface area contributed by atoms with Crippen LogP contribution in [0.5, 0.6) is 5.75 Å². The Morgan fingerprint density at radius 1 is 1.59 bits per heavy atom. The van der Waals surface area contributed by atoms with Gasteiger partial charge in [0.15, 0.2) is 5.78 Å². The molecule has 2 aromatic rings. The van der Waals surface area contributed by atoms with Crippen molar-refractivity contribution in [1.82, 2.24) is 10.2 Å². The Morgan fingerprint density at radius 3 is 3.18 bits per heavy atom. The predicted octanol–water partition coefficient (Wildman–Crippen LogP) is 2.58. The molecule has 1 aliphatic heterocycles. The summed E-state index contributed by atoms with van der Waals surface area (Å²) in [6.07, 6.45) is 0.723. The summed E-state index contributed by atoms with van der Waals surface area (Å²) in [6.45, 7) is 4.18. The SMILES string of the molecule is CC(=O)c1n[nH]c2c1CCOc1cc(C)sc1-2. The summed E-state index contributed by atoms with van der Waals surface area (Å²) in [7, 11) is 0. The summed E-state index contributed by atoms with van der Waals surface area (Å²) in [5, 5.41) is 7.10. The number of nitrogens with zero attached hydrogens (tertiary/aromatic N) is 1. The van der Waals surface area contributed by atoms with Crippen LogP contribution in [0.15, 0.2) is 6.07 Å². The molecule has 17 heavy (non-hydrogen) atoms. The second-order valence-corrected chi connectivity index (χ2v) is 5.39. The lowest BCUT2D eigenvalue weighted by molar-refractivity contribution is 0.101. The van der Waals surface area contributed by atoms with Gasteiger partial charge in [0, 0.05) is 23.8 Å². The van der Waals surface area contributed by atoms with Crippen molar-refractivity contribution in [2.24, 2.45) is 0 Å². The average Bonchev–Trinajstić information content (AvgIpc) is 2.79. The van der Waals surface area contributed by atoms with Crippen LogP contribution in [-0.4, -0.2) is 22.6 Å². The second-order valence-electron chi connectivity index (χ2n) is 4.13. The zero-order valence-electron chi connectivity index (χ0n) is 9.66. The number of aromatic nitrogens is 2. The molecule has 0 atom stereocenters. The van der Waals surface area contributed by atoms with Crippen molar-refractivity contribution >= 4 is 17.1 Å². The lowest BCUT2D eigenvalue weighted by Crippen LogP contribution is -2.03. The number of H-pyrrole nitrogens is 1. The van der Waals surface area contributed by atoms with E-state index in [9.17, 15) is 4.79 Å². The third kappa shape index (κ3) is 1.58. The Balaban J connectivity index is 2.23. The summed E-state index contributed by atoms with van der Waals surface area (Å²) in [6, 6.07) is 2.03. The van der Waals surface area contributed by atoms with Crippen molar-refractivity contribution in [2.75, 3.05) is 6.61 Å². The number of thiophene rings is 1. The van der Waals surface area contributed by atoms with E-state index in [-0.39, 0.29) is 5.78 Å². The van der Waals surface area contributed by atoms with Crippen molar-refractivity contribution in [2.45, 2.75) is 20.3 Å². The van der Waals surface area contributed by atoms with Gasteiger partial charge in [0.2, 0.25) is 0 Å². The van der Waals surface area contributed by atoms with Crippen molar-refractivity contribution in [3.05, 3.63) is 22.2 Å². The van der Waals surface area contributed by atoms with E-state index in [1.54, 1.807) is 18.3 Å². The minimum Gasteiger partial charge on any atom is -0.492 e. The number of aryl methyl sites for hydroxylation is 1. The van der Waals surface area contributed by atoms with Crippen LogP contribution in [0.25, 0.3) is 10.6 Å². The maximum Gasteiger partial charge on any atom is 0.180 e. The minimum atomic E-state index is -0.000715. The molecule has 2 aromatic heterocycles. The van der Waals surface area contributed by atoms with Crippen LogP contribution in [0, 0.1) is 6.92 Å². The van der Waals surface area contributed by atoms with E-state index in [4.69, 9.17) is 4.74 Å². The van der Waals surface area contributed by atoms with Gasteiger partial charge in [-0.2, -0.15) is 5.10 Å². The van der Waals surface area contributed by atoms with E-state index in [1.807, 2.05) is 13.0 Å². The Morgan fingerprint density at radius 2 is 2.41 bits per heavy atom. The molecule has 0 amide bonds. The maximum absolute atomic E-state index is 11.5. The summed E-state index contributed by atoms with van der Waals surface area (Å²) in [5.41, 5.74) is 2.47. The predicted molar refractivity (Wildman–Crippen MR) is 65.8 cm³/mol. The van der Waals surface area contributed by atoms with Crippen molar-refractivity contribution in [3.63, 3.8) is 0 Å². The standard InChI is InChI=1S/C12H12N2O2S/c1-6-5-9-12(17-6)11-8(3-4-16-9)10(7(2)15)13-14-11/h5H,3-4H2,1-2H3,(H,13,14). The molecular formula is C12H12N2O2S. The fourth-order valence-electron chi connectivity index (χ4n) is 2.12. The summed E-state index contributed by atoms with van der Waals surface area (Å²) < 4.78 is 5.70. The first kappa shape index (κ1) is 10.5. The largest absolute Gasteiger partial charge is 0.492 e. The molecule has 1 N–H and O–H groups in total. The molecular weight excluding hydrogens is 236 g/mol. The quantitative estimate of drug-likeness (QED) is 0.789. The molecule has 0 saturated heterocycles. The zero-order chi connectivity index (χ0) is 12.0. The highest BCUT2D eigenvalue weighted by Crippen LogP contribution is 2.41. The molecule has 3 rings (SSSR count). The van der Waals surface area contributed by atoms with Gasteiger partial charge in [0.05, 0.1) is 17.2 Å². The molecule has 3 heterocycles. The second kappa shape index (κ2) is 3.70. The number of ether oxygens (including phenoxy) is 1. The molecule has 0 bridgehead atoms. The highest BCUT2D eigenvalue weighted by atomic mass is 32.1. The number of rotatable bonds is 1. The van der Waals surface area contributed by atoms with Crippen LogP contribution in [0.1, 0.15) is 27.9 Å². The minimum absolute atomic E-state index is 0.000715. The number of hydrogen-bond acceptors (Lipinski definition) is 4. The zero-order valence-corrected chi connectivity index (χ0v) is 10.5. The van der Waals surface area contributed by atoms with Crippen LogP contribution in [0.4, 0.5) is 0 Å². The molecule has 0 saturated carbocycles. The summed E-state index contributed by atoms with van der Waals surface area (Å²) in [4.78, 5) is 13.7. The van der Waals surface area contributed by atoms with E-state index in [0.29, 0.717) is 12.3 Å². The first-order valence-electron chi connectivity index (χ1n) is 5.48. The molecule has 0 spiro atoms. The lowest BCUT2D eigenvalue weighted by Gasteiger charge is -2.00. The average molecular weight is 248 g/mol. The third-order valence-electron chi connectivity index (χ3n) is 2.86. The van der Waals surface area contributed by atoms with Gasteiger partial charge in [-0.3, -0.25) is 9.89 Å². The molecule has 0 unspecified atom stereocenters. The molecule has 0 aliphatic carbocycles. The number of Topliss-reactive ketones (excluding diaryl/α,β-unsaturated/α-hetero) is 1. The molecule has 88 valence electrons. The van der Waals surface area contributed by atoms with Crippen LogP contribution in [-0.2, 0) is 6.42 Å². The van der Waals surface area contributed by atoms with E-state index >= 15 is 0 Å². The summed E-state index contributed by atoms with van der Waals surface area (Å²) >= 11 is 1.66. The summed E-state index contributed by atoms with van der Waals surface area (Å²) in [5.74, 6) is 0.893. The monoisotopic (exact) mass is 248 g/mol. The topological polar surface area (TPSA) is 55.0 Å². The van der Waals surface area contributed by atoms with Crippen molar-refractivity contribution < 1.29 is 9.53 Å². The first-order valence-corrected chi connectivity index (χ1v) is 6.30. The Bertz CT molecular complexity index is 598. The van der Waals surface area contributed by atoms with Gasteiger partial charge in [-0.1, -0.05) is 0 Å². The number of hydrogen-bond donors (Lipinski definition) is 1. The van der Waals surface area contributed by atoms with E-state index < -0.39 is 0 Å². The third-order valence-corrected chi connectivity index (χ3v) is 3.91. The fraction of sp³-hybridized carbons (Fsp3) is 0.333. The van der Waals surface area contributed by atoms with Gasteiger partial charge in [-0.15, -0.1) is 11.3 Å². The number of carbonyl (C=O) groups excluding carboxylic acids is 1. The van der Waals surface area contributed by atoms with Gasteiger partial charge in [0.1, 0.15) is 11.4 Å². The van der Waals surface area contributed by atoms with Gasteiger partial charge in [-0.05, 0) is 13.0 Å². The van der Waals surface area contributed by atoms with Gasteiger partial charge in [-0.25, -0.2) is 0 Å². The molecule has 5 heteroatoms. The van der Waals surface area contributed by atoms with Gasteiger partial charge < -0.3 is 4.74 Å². The van der Waals surface area contributed by atoms with E-state index in [0.717, 1.165) is 28.3 Å². The molecule has 0 aromatic carbocycles. The normalized spacial score (nSPS) is 13.5. The number of aromatic amines is 1. The molecule has 0 radical (unpaired) electrons. The maximum atomic E-state index is 11.5. The number of fused-ring (bicyclic) bond motifs is 3. The Labute approximate surface area is 103 Å². The smallest absolute Gasteiger partial charge is 0.180 e. The fourth-order valence-corrected chi connectivity index (χ4v) is 3.10. The van der Waals surface area contributed by atoms with Gasteiger partial charge >= 0.3 is 0 Å². The number of carbonyl (C=O) groups is 1. The highest BCUT2D eigenvalue weighted by molar-refractivity contribution is 7.15. The van der Waals surface area contributed by atoms with Crippen LogP contribution >= 0.6 is 11.3 Å².